The molecule has 1 heterocycles. The van der Waals surface area contributed by atoms with Gasteiger partial charge in [0, 0.05) is 9.13 Å². The summed E-state index contributed by atoms with van der Waals surface area (Å²) in [5, 5.41) is 20.4. The number of carboxylic acid groups (broad SMARTS) is 1. The predicted molar refractivity (Wildman–Crippen MR) is 68.2 cm³/mol. The van der Waals surface area contributed by atoms with Crippen LogP contribution in [-0.4, -0.2) is 31.3 Å². The topological polar surface area (TPSA) is 80.9 Å². The highest BCUT2D eigenvalue weighted by Gasteiger charge is 2.07. The third-order valence-electron chi connectivity index (χ3n) is 2.06. The number of tetrazole rings is 1. The molecule has 2 aromatic rings. The van der Waals surface area contributed by atoms with Gasteiger partial charge in [-0.25, -0.2) is 0 Å². The van der Waals surface area contributed by atoms with Crippen molar-refractivity contribution in [3.05, 3.63) is 27.8 Å². The number of carboxylic acids is 1. The van der Waals surface area contributed by atoms with Crippen molar-refractivity contribution < 1.29 is 9.90 Å². The van der Waals surface area contributed by atoms with E-state index in [4.69, 9.17) is 5.11 Å². The highest BCUT2D eigenvalue weighted by atomic mass is 127. The molecule has 0 aliphatic carbocycles. The molecule has 17 heavy (non-hydrogen) atoms. The molecule has 0 spiro atoms. The summed E-state index contributed by atoms with van der Waals surface area (Å²) in [5.41, 5.74) is 0.874. The van der Waals surface area contributed by atoms with Crippen molar-refractivity contribution in [3.8, 4) is 11.4 Å². The van der Waals surface area contributed by atoms with E-state index in [1.54, 1.807) is 0 Å². The van der Waals surface area contributed by atoms with Gasteiger partial charge in [0.1, 0.15) is 0 Å². The summed E-state index contributed by atoms with van der Waals surface area (Å²) in [7, 11) is 0. The molecule has 0 fully saturated rings. The number of aliphatic carboxylic acids is 1. The lowest BCUT2D eigenvalue weighted by molar-refractivity contribution is -0.137. The Kier molecular flexibility index (Phi) is 3.67. The average Bonchev–Trinajstić information content (AvgIpc) is 2.75. The molecule has 1 N–H and O–H groups in total. The van der Waals surface area contributed by atoms with Crippen molar-refractivity contribution in [1.29, 1.82) is 0 Å². The summed E-state index contributed by atoms with van der Waals surface area (Å²) in [6.45, 7) is 0.228. The number of aromatic nitrogens is 4. The third kappa shape index (κ3) is 3.22. The zero-order valence-electron chi connectivity index (χ0n) is 8.75. The van der Waals surface area contributed by atoms with E-state index in [-0.39, 0.29) is 13.0 Å². The number of benzene rings is 1. The van der Waals surface area contributed by atoms with Crippen LogP contribution >= 0.6 is 22.6 Å². The molecule has 0 bridgehead atoms. The number of aryl methyl sites for hydroxylation is 1. The van der Waals surface area contributed by atoms with E-state index < -0.39 is 5.97 Å². The van der Waals surface area contributed by atoms with Crippen LogP contribution in [0.2, 0.25) is 0 Å². The maximum absolute atomic E-state index is 10.4. The van der Waals surface area contributed by atoms with Gasteiger partial charge < -0.3 is 5.11 Å². The molecule has 1 aromatic carbocycles. The van der Waals surface area contributed by atoms with Gasteiger partial charge in [0.05, 0.1) is 13.0 Å². The van der Waals surface area contributed by atoms with Crippen LogP contribution in [0.4, 0.5) is 0 Å². The fraction of sp³-hybridized carbons (Fsp3) is 0.200. The molecule has 0 aliphatic heterocycles. The maximum atomic E-state index is 10.4. The van der Waals surface area contributed by atoms with E-state index in [1.165, 1.54) is 4.80 Å². The van der Waals surface area contributed by atoms with Gasteiger partial charge in [-0.2, -0.15) is 4.80 Å². The summed E-state index contributed by atoms with van der Waals surface area (Å²) >= 11 is 2.20. The second-order valence-electron chi connectivity index (χ2n) is 3.36. The average molecular weight is 344 g/mol. The van der Waals surface area contributed by atoms with Gasteiger partial charge >= 0.3 is 5.97 Å². The number of hydrogen-bond acceptors (Lipinski definition) is 4. The molecule has 0 radical (unpaired) electrons. The molecule has 0 saturated heterocycles. The molecule has 0 saturated carbocycles. The van der Waals surface area contributed by atoms with Crippen LogP contribution in [-0.2, 0) is 11.3 Å². The minimum atomic E-state index is -0.877. The molecule has 0 atom stereocenters. The van der Waals surface area contributed by atoms with Gasteiger partial charge in [0.25, 0.3) is 0 Å². The fourth-order valence-corrected chi connectivity index (χ4v) is 1.82. The fourth-order valence-electron chi connectivity index (χ4n) is 1.28. The zero-order chi connectivity index (χ0) is 12.3. The van der Waals surface area contributed by atoms with Crippen molar-refractivity contribution >= 4 is 28.6 Å². The number of rotatable bonds is 4. The minimum absolute atomic E-state index is 0.0118. The van der Waals surface area contributed by atoms with Crippen LogP contribution in [0.25, 0.3) is 11.4 Å². The van der Waals surface area contributed by atoms with Gasteiger partial charge in [-0.3, -0.25) is 4.79 Å². The number of nitrogens with zero attached hydrogens (tertiary/aromatic N) is 4. The lowest BCUT2D eigenvalue weighted by Crippen LogP contribution is -2.07. The second-order valence-corrected chi connectivity index (χ2v) is 4.61. The normalized spacial score (nSPS) is 10.4. The van der Waals surface area contributed by atoms with E-state index in [9.17, 15) is 4.79 Å². The van der Waals surface area contributed by atoms with E-state index in [1.807, 2.05) is 24.3 Å². The Bertz CT molecular complexity index is 541. The Morgan fingerprint density at radius 1 is 1.47 bits per heavy atom. The number of hydrogen-bond donors (Lipinski definition) is 1. The van der Waals surface area contributed by atoms with E-state index in [2.05, 4.69) is 38.0 Å². The maximum Gasteiger partial charge on any atom is 0.305 e. The quantitative estimate of drug-likeness (QED) is 0.849. The zero-order valence-corrected chi connectivity index (χ0v) is 10.9. The molecule has 0 amide bonds. The Hall–Kier alpha value is -1.51. The van der Waals surface area contributed by atoms with Crippen LogP contribution in [0.3, 0.4) is 0 Å². The first-order valence-corrected chi connectivity index (χ1v) is 5.98. The molecule has 0 unspecified atom stereocenters. The van der Waals surface area contributed by atoms with Crippen LogP contribution in [0, 0.1) is 3.57 Å². The van der Waals surface area contributed by atoms with E-state index in [0.717, 1.165) is 9.13 Å². The Balaban J connectivity index is 2.15. The van der Waals surface area contributed by atoms with Crippen LogP contribution in [0.5, 0.6) is 0 Å². The van der Waals surface area contributed by atoms with E-state index >= 15 is 0 Å². The first-order chi connectivity index (χ1) is 8.15. The van der Waals surface area contributed by atoms with E-state index in [0.29, 0.717) is 5.82 Å². The summed E-state index contributed by atoms with van der Waals surface area (Å²) in [5.74, 6) is -0.369. The minimum Gasteiger partial charge on any atom is -0.481 e. The van der Waals surface area contributed by atoms with Gasteiger partial charge in [0.15, 0.2) is 0 Å². The molecule has 0 aliphatic rings. The third-order valence-corrected chi connectivity index (χ3v) is 2.73. The highest BCUT2D eigenvalue weighted by molar-refractivity contribution is 14.1. The molecule has 2 rings (SSSR count). The van der Waals surface area contributed by atoms with Crippen LogP contribution < -0.4 is 0 Å². The monoisotopic (exact) mass is 344 g/mol. The second kappa shape index (κ2) is 5.21. The Morgan fingerprint density at radius 3 is 3.00 bits per heavy atom. The number of carbonyl (C=O) groups is 1. The summed E-state index contributed by atoms with van der Waals surface area (Å²) in [4.78, 5) is 11.7. The molecule has 88 valence electrons. The summed E-state index contributed by atoms with van der Waals surface area (Å²) < 4.78 is 1.09. The lowest BCUT2D eigenvalue weighted by Gasteiger charge is -1.95. The molecular formula is C10H9IN4O2. The lowest BCUT2D eigenvalue weighted by atomic mass is 10.2. The van der Waals surface area contributed by atoms with Crippen molar-refractivity contribution in [2.24, 2.45) is 0 Å². The van der Waals surface area contributed by atoms with Crippen molar-refractivity contribution in [1.82, 2.24) is 20.2 Å². The summed E-state index contributed by atoms with van der Waals surface area (Å²) in [6.07, 6.45) is -0.0118. The Labute approximate surface area is 111 Å². The van der Waals surface area contributed by atoms with Crippen molar-refractivity contribution in [3.63, 3.8) is 0 Å². The van der Waals surface area contributed by atoms with Crippen LogP contribution in [0.15, 0.2) is 24.3 Å². The molecule has 7 heteroatoms. The predicted octanol–water partition coefficient (Wildman–Crippen LogP) is 1.42. The first kappa shape index (κ1) is 12.0. The summed E-state index contributed by atoms with van der Waals surface area (Å²) in [6, 6.07) is 7.72. The standard InChI is InChI=1S/C10H9IN4O2/c11-8-3-1-2-7(6-8)10-12-14-15(13-10)5-4-9(16)17/h1-3,6H,4-5H2,(H,16,17). The Morgan fingerprint density at radius 2 is 2.29 bits per heavy atom. The molecular weight excluding hydrogens is 335 g/mol. The van der Waals surface area contributed by atoms with Gasteiger partial charge in [-0.05, 0) is 39.9 Å². The van der Waals surface area contributed by atoms with Crippen molar-refractivity contribution in [2.75, 3.05) is 0 Å². The largest absolute Gasteiger partial charge is 0.481 e. The SMILES string of the molecule is O=C(O)CCn1nnc(-c2cccc(I)c2)n1. The highest BCUT2D eigenvalue weighted by Crippen LogP contribution is 2.16. The van der Waals surface area contributed by atoms with Gasteiger partial charge in [-0.15, -0.1) is 10.2 Å². The van der Waals surface area contributed by atoms with Crippen molar-refractivity contribution in [2.45, 2.75) is 13.0 Å². The molecule has 6 nitrogen and oxygen atoms in total. The smallest absolute Gasteiger partial charge is 0.305 e. The van der Waals surface area contributed by atoms with Gasteiger partial charge in [-0.1, -0.05) is 12.1 Å². The first-order valence-electron chi connectivity index (χ1n) is 4.91. The number of halogens is 1. The van der Waals surface area contributed by atoms with Gasteiger partial charge in [0.2, 0.25) is 5.82 Å². The molecule has 1 aromatic heterocycles. The van der Waals surface area contributed by atoms with Crippen LogP contribution in [0.1, 0.15) is 6.42 Å².